The molecule has 0 aliphatic carbocycles. The molecule has 0 atom stereocenters. The number of nitrogens with zero attached hydrogens (tertiary/aromatic N) is 2. The van der Waals surface area contributed by atoms with E-state index < -0.39 is 27.7 Å². The molecular weight excluding hydrogens is 313 g/mol. The molecule has 0 aliphatic rings. The third-order valence-electron chi connectivity index (χ3n) is 2.53. The van der Waals surface area contributed by atoms with Crippen LogP contribution in [0.3, 0.4) is 0 Å². The molecule has 0 bridgehead atoms. The van der Waals surface area contributed by atoms with E-state index in [0.29, 0.717) is 11.8 Å². The molecule has 2 aromatic heterocycles. The van der Waals surface area contributed by atoms with Gasteiger partial charge >= 0.3 is 6.18 Å². The quantitative estimate of drug-likeness (QED) is 0.623. The minimum absolute atomic E-state index is 0.0501. The molecule has 6 nitrogen and oxygen atoms in total. The van der Waals surface area contributed by atoms with Gasteiger partial charge in [-0.3, -0.25) is 0 Å². The number of oxazole rings is 1. The molecule has 0 unspecified atom stereocenters. The van der Waals surface area contributed by atoms with Gasteiger partial charge in [0.15, 0.2) is 24.6 Å². The van der Waals surface area contributed by atoms with Crippen LogP contribution in [-0.4, -0.2) is 23.7 Å². The Hall–Kier alpha value is -1.94. The standard InChI is InChI=1S/C11H9F3N2O4S/c12-11(13,14)9-7-20-10(15-9)8-1-3-16(4-2-8)5-6-21(17,18)19/h1-4,7H,5-6H2. The number of aryl methyl sites for hydroxylation is 1. The minimum atomic E-state index is -4.58. The summed E-state index contributed by atoms with van der Waals surface area (Å²) in [7, 11) is -4.32. The Morgan fingerprint density at radius 3 is 2.38 bits per heavy atom. The van der Waals surface area contributed by atoms with Crippen LogP contribution in [0, 0.1) is 0 Å². The first-order chi connectivity index (χ1) is 9.65. The number of hydrogen-bond acceptors (Lipinski definition) is 5. The number of aromatic nitrogens is 2. The molecule has 0 radical (unpaired) electrons. The fourth-order valence-corrected chi connectivity index (χ4v) is 1.94. The number of alkyl halides is 3. The highest BCUT2D eigenvalue weighted by Gasteiger charge is 2.34. The van der Waals surface area contributed by atoms with Crippen LogP contribution in [0.15, 0.2) is 35.2 Å². The third kappa shape index (κ3) is 4.26. The highest BCUT2D eigenvalue weighted by Crippen LogP contribution is 2.30. The number of halogens is 3. The third-order valence-corrected chi connectivity index (χ3v) is 3.21. The Kier molecular flexibility index (Phi) is 4.01. The molecule has 2 heterocycles. The molecular formula is C11H9F3N2O4S. The average Bonchev–Trinajstić information content (AvgIpc) is 2.85. The van der Waals surface area contributed by atoms with Gasteiger partial charge in [-0.15, -0.1) is 0 Å². The molecule has 0 fully saturated rings. The summed E-state index contributed by atoms with van der Waals surface area (Å²) in [5.74, 6) is -0.778. The van der Waals surface area contributed by atoms with Crippen molar-refractivity contribution in [1.29, 1.82) is 0 Å². The molecule has 10 heteroatoms. The van der Waals surface area contributed by atoms with Crippen molar-refractivity contribution in [2.45, 2.75) is 12.7 Å². The largest absolute Gasteiger partial charge is 0.748 e. The maximum atomic E-state index is 12.4. The van der Waals surface area contributed by atoms with E-state index in [1.54, 1.807) is 0 Å². The second kappa shape index (κ2) is 5.45. The van der Waals surface area contributed by atoms with Crippen molar-refractivity contribution in [3.05, 3.63) is 36.5 Å². The Bertz CT molecular complexity index is 723. The zero-order valence-electron chi connectivity index (χ0n) is 10.4. The number of rotatable bonds is 4. The van der Waals surface area contributed by atoms with E-state index >= 15 is 0 Å². The van der Waals surface area contributed by atoms with Gasteiger partial charge in [-0.05, 0) is 0 Å². The van der Waals surface area contributed by atoms with Crippen LogP contribution in [0.25, 0.3) is 11.5 Å². The second-order valence-corrected chi connectivity index (χ2v) is 5.65. The molecule has 0 N–H and O–H groups in total. The monoisotopic (exact) mass is 322 g/mol. The van der Waals surface area contributed by atoms with Gasteiger partial charge in [0.25, 0.3) is 0 Å². The van der Waals surface area contributed by atoms with Gasteiger partial charge in [0, 0.05) is 17.7 Å². The van der Waals surface area contributed by atoms with E-state index in [9.17, 15) is 26.1 Å². The highest BCUT2D eigenvalue weighted by atomic mass is 32.2. The molecule has 114 valence electrons. The predicted octanol–water partition coefficient (Wildman–Crippen LogP) is 1.19. The van der Waals surface area contributed by atoms with Crippen LogP contribution in [0.4, 0.5) is 13.2 Å². The maximum Gasteiger partial charge on any atom is 0.436 e. The van der Waals surface area contributed by atoms with Crippen molar-refractivity contribution in [3.8, 4) is 11.5 Å². The Morgan fingerprint density at radius 1 is 1.29 bits per heavy atom. The first-order valence-electron chi connectivity index (χ1n) is 5.61. The van der Waals surface area contributed by atoms with Crippen LogP contribution in [0.1, 0.15) is 5.69 Å². The second-order valence-electron chi connectivity index (χ2n) is 4.12. The van der Waals surface area contributed by atoms with Gasteiger partial charge in [0.1, 0.15) is 16.4 Å². The van der Waals surface area contributed by atoms with Crippen LogP contribution in [0.5, 0.6) is 0 Å². The first-order valence-corrected chi connectivity index (χ1v) is 7.19. The van der Waals surface area contributed by atoms with E-state index in [0.717, 1.165) is 0 Å². The van der Waals surface area contributed by atoms with Crippen molar-refractivity contribution >= 4 is 10.1 Å². The lowest BCUT2D eigenvalue weighted by atomic mass is 10.2. The SMILES string of the molecule is O=S(=O)([O-])CC[n+]1ccc(-c2nc(C(F)(F)F)co2)cc1. The maximum absolute atomic E-state index is 12.4. The minimum Gasteiger partial charge on any atom is -0.748 e. The Balaban J connectivity index is 2.14. The van der Waals surface area contributed by atoms with Crippen LogP contribution in [-0.2, 0) is 22.8 Å². The van der Waals surface area contributed by atoms with Crippen molar-refractivity contribution < 1.29 is 35.1 Å². The van der Waals surface area contributed by atoms with E-state index in [2.05, 4.69) is 4.98 Å². The van der Waals surface area contributed by atoms with Gasteiger partial charge in [0.2, 0.25) is 5.89 Å². The van der Waals surface area contributed by atoms with E-state index in [1.807, 2.05) is 0 Å². The first kappa shape index (κ1) is 15.4. The van der Waals surface area contributed by atoms with E-state index in [4.69, 9.17) is 4.42 Å². The molecule has 2 rings (SSSR count). The Labute approximate surface area is 117 Å². The van der Waals surface area contributed by atoms with Crippen molar-refractivity contribution in [2.24, 2.45) is 0 Å². The lowest BCUT2D eigenvalue weighted by molar-refractivity contribution is -0.692. The molecule has 0 saturated carbocycles. The molecule has 0 spiro atoms. The number of hydrogen-bond donors (Lipinski definition) is 0. The van der Waals surface area contributed by atoms with Gasteiger partial charge in [-0.2, -0.15) is 13.2 Å². The zero-order chi connectivity index (χ0) is 15.7. The van der Waals surface area contributed by atoms with E-state index in [1.165, 1.54) is 29.1 Å². The summed E-state index contributed by atoms with van der Waals surface area (Å²) in [5, 5.41) is 0. The summed E-state index contributed by atoms with van der Waals surface area (Å²) in [6.07, 6.45) is -1.24. The summed E-state index contributed by atoms with van der Waals surface area (Å²) in [4.78, 5) is 3.32. The molecule has 21 heavy (non-hydrogen) atoms. The highest BCUT2D eigenvalue weighted by molar-refractivity contribution is 7.85. The van der Waals surface area contributed by atoms with Crippen molar-refractivity contribution in [1.82, 2.24) is 4.98 Å². The summed E-state index contributed by atoms with van der Waals surface area (Å²) in [6, 6.07) is 2.81. The summed E-state index contributed by atoms with van der Waals surface area (Å²) in [5.41, 5.74) is -0.835. The summed E-state index contributed by atoms with van der Waals surface area (Å²) in [6.45, 7) is -0.0501. The lowest BCUT2D eigenvalue weighted by Gasteiger charge is -2.03. The smallest absolute Gasteiger partial charge is 0.436 e. The number of pyridine rings is 1. The fourth-order valence-electron chi connectivity index (χ4n) is 1.50. The predicted molar refractivity (Wildman–Crippen MR) is 61.7 cm³/mol. The summed E-state index contributed by atoms with van der Waals surface area (Å²) >= 11 is 0. The fraction of sp³-hybridized carbons (Fsp3) is 0.273. The van der Waals surface area contributed by atoms with E-state index in [-0.39, 0.29) is 12.4 Å². The average molecular weight is 322 g/mol. The molecule has 0 aromatic carbocycles. The van der Waals surface area contributed by atoms with Crippen molar-refractivity contribution in [3.63, 3.8) is 0 Å². The van der Waals surface area contributed by atoms with Crippen molar-refractivity contribution in [2.75, 3.05) is 5.75 Å². The van der Waals surface area contributed by atoms with Gasteiger partial charge in [-0.1, -0.05) is 0 Å². The Morgan fingerprint density at radius 2 is 1.90 bits per heavy atom. The van der Waals surface area contributed by atoms with Crippen LogP contribution in [0.2, 0.25) is 0 Å². The normalized spacial score (nSPS) is 12.6. The van der Waals surface area contributed by atoms with Gasteiger partial charge < -0.3 is 8.97 Å². The lowest BCUT2D eigenvalue weighted by Crippen LogP contribution is -2.36. The molecule has 0 amide bonds. The van der Waals surface area contributed by atoms with Gasteiger partial charge in [0.05, 0.1) is 5.75 Å². The zero-order valence-corrected chi connectivity index (χ0v) is 11.2. The van der Waals surface area contributed by atoms with Crippen LogP contribution >= 0.6 is 0 Å². The molecule has 0 aliphatic heterocycles. The topological polar surface area (TPSA) is 87.1 Å². The molecule has 0 saturated heterocycles. The van der Waals surface area contributed by atoms with Gasteiger partial charge in [-0.25, -0.2) is 18.0 Å². The van der Waals surface area contributed by atoms with Crippen LogP contribution < -0.4 is 4.57 Å². The molecule has 2 aromatic rings. The summed E-state index contributed by atoms with van der Waals surface area (Å²) < 4.78 is 74.8.